The van der Waals surface area contributed by atoms with E-state index in [4.69, 9.17) is 0 Å². The number of carbonyl (C=O) groups is 1. The molecule has 0 radical (unpaired) electrons. The van der Waals surface area contributed by atoms with E-state index >= 15 is 0 Å². The number of urea groups is 1. The number of anilines is 1. The lowest BCUT2D eigenvalue weighted by Gasteiger charge is -2.12. The van der Waals surface area contributed by atoms with Crippen LogP contribution >= 0.6 is 0 Å². The molecule has 3 aromatic rings. The van der Waals surface area contributed by atoms with Gasteiger partial charge in [0.05, 0.1) is 17.9 Å². The third kappa shape index (κ3) is 5.61. The van der Waals surface area contributed by atoms with Gasteiger partial charge in [0, 0.05) is 5.69 Å². The van der Waals surface area contributed by atoms with Crippen LogP contribution in [-0.2, 0) is 25.6 Å². The average molecular weight is 484 g/mol. The molecule has 34 heavy (non-hydrogen) atoms. The summed E-state index contributed by atoms with van der Waals surface area (Å²) in [6.45, 7) is -0.319. The molecule has 0 atom stereocenters. The first kappa shape index (κ1) is 23.5. The molecule has 2 amide bonds. The third-order valence-corrected chi connectivity index (χ3v) is 5.17. The van der Waals surface area contributed by atoms with Gasteiger partial charge in [0.25, 0.3) is 0 Å². The lowest BCUT2D eigenvalue weighted by atomic mass is 10.1. The highest BCUT2D eigenvalue weighted by Gasteiger charge is 2.35. The molecule has 0 aliphatic heterocycles. The quantitative estimate of drug-likeness (QED) is 0.464. The summed E-state index contributed by atoms with van der Waals surface area (Å²) in [5.41, 5.74) is 1.74. The lowest BCUT2D eigenvalue weighted by molar-refractivity contribution is -0.274. The summed E-state index contributed by atoms with van der Waals surface area (Å²) in [6.07, 6.45) is -6.72. The fourth-order valence-electron chi connectivity index (χ4n) is 3.69. The Morgan fingerprint density at radius 1 is 0.971 bits per heavy atom. The predicted octanol–water partition coefficient (Wildman–Crippen LogP) is 5.60. The highest BCUT2D eigenvalue weighted by Crippen LogP contribution is 2.30. The Morgan fingerprint density at radius 2 is 1.68 bits per heavy atom. The molecule has 1 aliphatic rings. The first-order valence-electron chi connectivity index (χ1n) is 10.2. The number of nitrogens with one attached hydrogen (secondary N) is 2. The molecule has 1 aromatic heterocycles. The monoisotopic (exact) mass is 484 g/mol. The number of ether oxygens (including phenoxy) is 1. The van der Waals surface area contributed by atoms with E-state index in [0.717, 1.165) is 59.8 Å². The standard InChI is InChI=1S/C22H18F6N4O2/c23-21(24,25)19-11-17(32(31-19)16-6-8-18(9-7-16)34-22(26,27)28)12-29-20(33)30-15-5-4-13-2-1-3-14(13)10-15/h4-11H,1-3,12H2,(H2,29,30,33). The summed E-state index contributed by atoms with van der Waals surface area (Å²) in [7, 11) is 0. The minimum atomic E-state index is -4.90. The summed E-state index contributed by atoms with van der Waals surface area (Å²) >= 11 is 0. The van der Waals surface area contributed by atoms with Gasteiger partial charge in [-0.2, -0.15) is 18.3 Å². The molecular weight excluding hydrogens is 466 g/mol. The van der Waals surface area contributed by atoms with Crippen LogP contribution in [0.2, 0.25) is 0 Å². The fourth-order valence-corrected chi connectivity index (χ4v) is 3.69. The summed E-state index contributed by atoms with van der Waals surface area (Å²) < 4.78 is 81.4. The number of hydrogen-bond donors (Lipinski definition) is 2. The van der Waals surface area contributed by atoms with Gasteiger partial charge in [0.2, 0.25) is 0 Å². The molecule has 1 aliphatic carbocycles. The van der Waals surface area contributed by atoms with E-state index in [-0.39, 0.29) is 17.9 Å². The number of aromatic nitrogens is 2. The Morgan fingerprint density at radius 3 is 2.35 bits per heavy atom. The van der Waals surface area contributed by atoms with Crippen LogP contribution in [0.1, 0.15) is 28.9 Å². The van der Waals surface area contributed by atoms with E-state index in [2.05, 4.69) is 20.5 Å². The minimum Gasteiger partial charge on any atom is -0.406 e. The van der Waals surface area contributed by atoms with E-state index in [9.17, 15) is 31.1 Å². The molecule has 6 nitrogen and oxygen atoms in total. The van der Waals surface area contributed by atoms with Gasteiger partial charge in [-0.1, -0.05) is 6.07 Å². The highest BCUT2D eigenvalue weighted by atomic mass is 19.4. The van der Waals surface area contributed by atoms with Crippen molar-refractivity contribution in [3.05, 3.63) is 71.0 Å². The number of alkyl halides is 6. The Labute approximate surface area is 189 Å². The van der Waals surface area contributed by atoms with Crippen LogP contribution in [0.3, 0.4) is 0 Å². The topological polar surface area (TPSA) is 68.2 Å². The van der Waals surface area contributed by atoms with Crippen LogP contribution in [0.25, 0.3) is 5.69 Å². The summed E-state index contributed by atoms with van der Waals surface area (Å²) in [5.74, 6) is -0.534. The van der Waals surface area contributed by atoms with Crippen LogP contribution < -0.4 is 15.4 Å². The maximum Gasteiger partial charge on any atom is 0.573 e. The number of carbonyl (C=O) groups excluding carboxylic acids is 1. The molecule has 2 N–H and O–H groups in total. The van der Waals surface area contributed by atoms with Crippen LogP contribution in [0.4, 0.5) is 36.8 Å². The number of hydrogen-bond acceptors (Lipinski definition) is 3. The molecule has 0 spiro atoms. The first-order valence-corrected chi connectivity index (χ1v) is 10.2. The predicted molar refractivity (Wildman–Crippen MR) is 110 cm³/mol. The number of aryl methyl sites for hydroxylation is 2. The molecule has 0 unspecified atom stereocenters. The van der Waals surface area contributed by atoms with Gasteiger partial charge in [-0.3, -0.25) is 0 Å². The number of benzene rings is 2. The summed E-state index contributed by atoms with van der Waals surface area (Å²) in [5, 5.41) is 8.64. The van der Waals surface area contributed by atoms with Gasteiger partial charge < -0.3 is 15.4 Å². The van der Waals surface area contributed by atoms with Gasteiger partial charge in [-0.25, -0.2) is 9.48 Å². The Kier molecular flexibility index (Phi) is 6.15. The molecule has 0 saturated heterocycles. The molecule has 12 heteroatoms. The number of nitrogens with zero attached hydrogens (tertiary/aromatic N) is 2. The summed E-state index contributed by atoms with van der Waals surface area (Å²) in [6, 6.07) is 9.83. The average Bonchev–Trinajstić information content (AvgIpc) is 3.38. The zero-order chi connectivity index (χ0) is 24.5. The van der Waals surface area contributed by atoms with Gasteiger partial charge in [0.1, 0.15) is 5.75 Å². The Hall–Kier alpha value is -3.70. The van der Waals surface area contributed by atoms with Crippen molar-refractivity contribution in [2.75, 3.05) is 5.32 Å². The van der Waals surface area contributed by atoms with Crippen molar-refractivity contribution in [2.24, 2.45) is 0 Å². The van der Waals surface area contributed by atoms with Crippen LogP contribution in [0, 0.1) is 0 Å². The zero-order valence-corrected chi connectivity index (χ0v) is 17.4. The van der Waals surface area contributed by atoms with Crippen molar-refractivity contribution in [3.8, 4) is 11.4 Å². The maximum atomic E-state index is 13.2. The van der Waals surface area contributed by atoms with Gasteiger partial charge in [-0.15, -0.1) is 13.2 Å². The molecule has 180 valence electrons. The lowest BCUT2D eigenvalue weighted by Crippen LogP contribution is -2.29. The van der Waals surface area contributed by atoms with Crippen molar-refractivity contribution in [1.29, 1.82) is 0 Å². The van der Waals surface area contributed by atoms with Crippen molar-refractivity contribution in [3.63, 3.8) is 0 Å². The van der Waals surface area contributed by atoms with Gasteiger partial charge in [0.15, 0.2) is 5.69 Å². The van der Waals surface area contributed by atoms with Crippen LogP contribution in [0.5, 0.6) is 5.75 Å². The maximum absolute atomic E-state index is 13.2. The number of fused-ring (bicyclic) bond motifs is 1. The van der Waals surface area contributed by atoms with E-state index in [1.165, 1.54) is 5.56 Å². The number of amides is 2. The van der Waals surface area contributed by atoms with Crippen molar-refractivity contribution >= 4 is 11.7 Å². The van der Waals surface area contributed by atoms with Crippen molar-refractivity contribution in [1.82, 2.24) is 15.1 Å². The van der Waals surface area contributed by atoms with Crippen LogP contribution in [0.15, 0.2) is 48.5 Å². The normalized spacial score (nSPS) is 13.5. The Bertz CT molecular complexity index is 1190. The largest absolute Gasteiger partial charge is 0.573 e. The number of halogens is 6. The molecule has 0 fully saturated rings. The second-order valence-corrected chi connectivity index (χ2v) is 7.62. The molecule has 0 bridgehead atoms. The van der Waals surface area contributed by atoms with Crippen molar-refractivity contribution < 1.29 is 35.9 Å². The second kappa shape index (κ2) is 8.92. The third-order valence-electron chi connectivity index (χ3n) is 5.17. The zero-order valence-electron chi connectivity index (χ0n) is 17.4. The van der Waals surface area contributed by atoms with E-state index in [1.54, 1.807) is 6.07 Å². The molecular formula is C22H18F6N4O2. The van der Waals surface area contributed by atoms with Crippen LogP contribution in [-0.4, -0.2) is 22.2 Å². The second-order valence-electron chi connectivity index (χ2n) is 7.62. The van der Waals surface area contributed by atoms with E-state index < -0.39 is 30.0 Å². The van der Waals surface area contributed by atoms with E-state index in [1.807, 2.05) is 12.1 Å². The molecule has 2 aromatic carbocycles. The molecule has 0 saturated carbocycles. The molecule has 1 heterocycles. The van der Waals surface area contributed by atoms with E-state index in [0.29, 0.717) is 5.69 Å². The highest BCUT2D eigenvalue weighted by molar-refractivity contribution is 5.89. The fraction of sp³-hybridized carbons (Fsp3) is 0.273. The molecule has 4 rings (SSSR count). The van der Waals surface area contributed by atoms with Gasteiger partial charge >= 0.3 is 18.6 Å². The number of rotatable bonds is 5. The van der Waals surface area contributed by atoms with Crippen molar-refractivity contribution in [2.45, 2.75) is 38.3 Å². The minimum absolute atomic E-state index is 0.0269. The van der Waals surface area contributed by atoms with Gasteiger partial charge in [-0.05, 0) is 72.9 Å². The first-order chi connectivity index (χ1) is 16.0. The summed E-state index contributed by atoms with van der Waals surface area (Å²) in [4.78, 5) is 12.3. The smallest absolute Gasteiger partial charge is 0.406 e. The Balaban J connectivity index is 1.49. The SMILES string of the molecule is O=C(NCc1cc(C(F)(F)F)nn1-c1ccc(OC(F)(F)F)cc1)Nc1ccc2c(c1)CCC2.